The molecule has 0 unspecified atom stereocenters. The molecule has 0 aromatic heterocycles. The molecule has 0 radical (unpaired) electrons. The normalized spacial score (nSPS) is 9.50. The third kappa shape index (κ3) is 1.27. The third-order valence-electron chi connectivity index (χ3n) is 1.51. The summed E-state index contributed by atoms with van der Waals surface area (Å²) in [5, 5.41) is 8.44. The minimum Gasteiger partial charge on any atom is -0.326 e. The first kappa shape index (κ1) is 8.62. The second-order valence-corrected chi connectivity index (χ2v) is 2.21. The highest BCUT2D eigenvalue weighted by atomic mass is 19.2. The summed E-state index contributed by atoms with van der Waals surface area (Å²) in [6.07, 6.45) is 0. The Morgan fingerprint density at radius 3 is 2.58 bits per heavy atom. The third-order valence-corrected chi connectivity index (χ3v) is 1.51. The summed E-state index contributed by atoms with van der Waals surface area (Å²) in [6.45, 7) is 0.0279. The molecular formula is C8H6F2N2. The lowest BCUT2D eigenvalue weighted by atomic mass is 10.1. The van der Waals surface area contributed by atoms with Crippen molar-refractivity contribution in [3.63, 3.8) is 0 Å². The van der Waals surface area contributed by atoms with Gasteiger partial charge in [0, 0.05) is 6.54 Å². The van der Waals surface area contributed by atoms with Gasteiger partial charge in [0.15, 0.2) is 11.6 Å². The lowest BCUT2D eigenvalue weighted by molar-refractivity contribution is 0.504. The summed E-state index contributed by atoms with van der Waals surface area (Å²) in [7, 11) is 0. The van der Waals surface area contributed by atoms with Crippen LogP contribution < -0.4 is 5.73 Å². The van der Waals surface area contributed by atoms with Crippen LogP contribution in [0.25, 0.3) is 0 Å². The molecule has 62 valence electrons. The smallest absolute Gasteiger partial charge is 0.176 e. The van der Waals surface area contributed by atoms with Crippen molar-refractivity contribution < 1.29 is 8.78 Å². The molecule has 0 saturated heterocycles. The Kier molecular flexibility index (Phi) is 2.36. The second-order valence-electron chi connectivity index (χ2n) is 2.21. The Balaban J connectivity index is 3.38. The average Bonchev–Trinajstić information content (AvgIpc) is 2.09. The first-order valence-electron chi connectivity index (χ1n) is 3.27. The molecule has 0 aliphatic carbocycles. The number of halogens is 2. The van der Waals surface area contributed by atoms with Gasteiger partial charge in [-0.2, -0.15) is 5.26 Å². The number of rotatable bonds is 1. The van der Waals surface area contributed by atoms with E-state index in [0.717, 1.165) is 6.07 Å². The maximum absolute atomic E-state index is 12.8. The van der Waals surface area contributed by atoms with Crippen LogP contribution in [0, 0.1) is 23.0 Å². The summed E-state index contributed by atoms with van der Waals surface area (Å²) in [5.41, 5.74) is 5.21. The van der Waals surface area contributed by atoms with Gasteiger partial charge in [-0.05, 0) is 11.6 Å². The lowest BCUT2D eigenvalue weighted by Gasteiger charge is -2.01. The summed E-state index contributed by atoms with van der Waals surface area (Å²) in [5.74, 6) is -2.15. The highest BCUT2D eigenvalue weighted by molar-refractivity contribution is 5.39. The largest absolute Gasteiger partial charge is 0.326 e. The van der Waals surface area contributed by atoms with Crippen LogP contribution in [0.3, 0.4) is 0 Å². The predicted octanol–water partition coefficient (Wildman–Crippen LogP) is 1.30. The SMILES string of the molecule is N#Cc1c(CN)ccc(F)c1F. The standard InChI is InChI=1S/C8H6F2N2/c9-7-2-1-5(3-11)6(4-12)8(7)10/h1-2H,3,11H2. The van der Waals surface area contributed by atoms with Crippen molar-refractivity contribution >= 4 is 0 Å². The highest BCUT2D eigenvalue weighted by Crippen LogP contribution is 2.15. The molecule has 1 aromatic rings. The van der Waals surface area contributed by atoms with E-state index in [9.17, 15) is 8.78 Å². The molecule has 0 aliphatic heterocycles. The Hall–Kier alpha value is -1.47. The molecule has 0 heterocycles. The summed E-state index contributed by atoms with van der Waals surface area (Å²) < 4.78 is 25.3. The monoisotopic (exact) mass is 168 g/mol. The summed E-state index contributed by atoms with van der Waals surface area (Å²) in [6, 6.07) is 3.82. The molecule has 0 atom stereocenters. The van der Waals surface area contributed by atoms with Crippen molar-refractivity contribution in [2.75, 3.05) is 0 Å². The van der Waals surface area contributed by atoms with Gasteiger partial charge in [0.2, 0.25) is 0 Å². The van der Waals surface area contributed by atoms with E-state index in [4.69, 9.17) is 11.0 Å². The highest BCUT2D eigenvalue weighted by Gasteiger charge is 2.11. The van der Waals surface area contributed by atoms with Crippen molar-refractivity contribution in [1.29, 1.82) is 5.26 Å². The molecule has 0 saturated carbocycles. The molecule has 0 fully saturated rings. The van der Waals surface area contributed by atoms with E-state index in [0.29, 0.717) is 5.56 Å². The van der Waals surface area contributed by atoms with Gasteiger partial charge in [0.05, 0.1) is 5.56 Å². The second kappa shape index (κ2) is 3.28. The number of benzene rings is 1. The molecule has 2 N–H and O–H groups in total. The van der Waals surface area contributed by atoms with E-state index >= 15 is 0 Å². The van der Waals surface area contributed by atoms with Gasteiger partial charge in [-0.15, -0.1) is 0 Å². The molecule has 0 bridgehead atoms. The average molecular weight is 168 g/mol. The topological polar surface area (TPSA) is 49.8 Å². The molecule has 0 amide bonds. The quantitative estimate of drug-likeness (QED) is 0.686. The fraction of sp³-hybridized carbons (Fsp3) is 0.125. The predicted molar refractivity (Wildman–Crippen MR) is 39.0 cm³/mol. The zero-order valence-electron chi connectivity index (χ0n) is 6.14. The Morgan fingerprint density at radius 1 is 1.42 bits per heavy atom. The van der Waals surface area contributed by atoms with Crippen molar-refractivity contribution in [2.45, 2.75) is 6.54 Å². The van der Waals surface area contributed by atoms with Crippen LogP contribution in [-0.2, 0) is 6.54 Å². The number of nitrogens with zero attached hydrogens (tertiary/aromatic N) is 1. The first-order valence-corrected chi connectivity index (χ1v) is 3.27. The van der Waals surface area contributed by atoms with Crippen LogP contribution in [0.15, 0.2) is 12.1 Å². The van der Waals surface area contributed by atoms with Crippen LogP contribution in [0.4, 0.5) is 8.78 Å². The van der Waals surface area contributed by atoms with Gasteiger partial charge in [0.25, 0.3) is 0 Å². The fourth-order valence-corrected chi connectivity index (χ4v) is 0.882. The van der Waals surface area contributed by atoms with Crippen molar-refractivity contribution in [1.82, 2.24) is 0 Å². The van der Waals surface area contributed by atoms with Gasteiger partial charge < -0.3 is 5.73 Å². The number of hydrogen-bond donors (Lipinski definition) is 1. The minimum atomic E-state index is -1.12. The fourth-order valence-electron chi connectivity index (χ4n) is 0.882. The molecule has 2 nitrogen and oxygen atoms in total. The van der Waals surface area contributed by atoms with E-state index in [2.05, 4.69) is 0 Å². The summed E-state index contributed by atoms with van der Waals surface area (Å²) >= 11 is 0. The molecule has 4 heteroatoms. The van der Waals surface area contributed by atoms with Crippen LogP contribution in [0.1, 0.15) is 11.1 Å². The van der Waals surface area contributed by atoms with Crippen molar-refractivity contribution in [3.05, 3.63) is 34.9 Å². The van der Waals surface area contributed by atoms with Crippen molar-refractivity contribution in [2.24, 2.45) is 5.73 Å². The molecule has 1 rings (SSSR count). The van der Waals surface area contributed by atoms with E-state index in [1.165, 1.54) is 6.07 Å². The zero-order valence-corrected chi connectivity index (χ0v) is 6.14. The van der Waals surface area contributed by atoms with Gasteiger partial charge in [0.1, 0.15) is 6.07 Å². The van der Waals surface area contributed by atoms with Crippen LogP contribution >= 0.6 is 0 Å². The van der Waals surface area contributed by atoms with Gasteiger partial charge in [-0.3, -0.25) is 0 Å². The Labute approximate surface area is 68.2 Å². The number of nitrogens with two attached hydrogens (primary N) is 1. The summed E-state index contributed by atoms with van der Waals surface area (Å²) in [4.78, 5) is 0. The van der Waals surface area contributed by atoms with Gasteiger partial charge in [-0.25, -0.2) is 8.78 Å². The molecule has 12 heavy (non-hydrogen) atoms. The van der Waals surface area contributed by atoms with Gasteiger partial charge >= 0.3 is 0 Å². The number of hydrogen-bond acceptors (Lipinski definition) is 2. The maximum atomic E-state index is 12.8. The number of nitriles is 1. The zero-order chi connectivity index (χ0) is 9.14. The van der Waals surface area contributed by atoms with E-state index in [1.54, 1.807) is 6.07 Å². The van der Waals surface area contributed by atoms with E-state index < -0.39 is 11.6 Å². The lowest BCUT2D eigenvalue weighted by Crippen LogP contribution is -2.02. The van der Waals surface area contributed by atoms with Crippen LogP contribution in [0.5, 0.6) is 0 Å². The van der Waals surface area contributed by atoms with Gasteiger partial charge in [-0.1, -0.05) is 6.07 Å². The Morgan fingerprint density at radius 2 is 2.08 bits per heavy atom. The molecule has 0 aliphatic rings. The van der Waals surface area contributed by atoms with Crippen LogP contribution in [-0.4, -0.2) is 0 Å². The molecular weight excluding hydrogens is 162 g/mol. The van der Waals surface area contributed by atoms with E-state index in [-0.39, 0.29) is 12.1 Å². The minimum absolute atomic E-state index is 0.0279. The van der Waals surface area contributed by atoms with Crippen molar-refractivity contribution in [3.8, 4) is 6.07 Å². The van der Waals surface area contributed by atoms with Crippen LogP contribution in [0.2, 0.25) is 0 Å². The maximum Gasteiger partial charge on any atom is 0.176 e. The first-order chi connectivity index (χ1) is 5.70. The van der Waals surface area contributed by atoms with E-state index in [1.807, 2.05) is 0 Å². The molecule has 1 aromatic carbocycles. The molecule has 0 spiro atoms. The Bertz CT molecular complexity index is 342.